The van der Waals surface area contributed by atoms with Gasteiger partial charge in [0.2, 0.25) is 5.91 Å². The van der Waals surface area contributed by atoms with Crippen LogP contribution >= 0.6 is 11.3 Å². The van der Waals surface area contributed by atoms with E-state index in [4.69, 9.17) is 9.84 Å². The number of hydrogen-bond donors (Lipinski definition) is 2. The number of ether oxygens (including phenoxy) is 1. The fraction of sp³-hybridized carbons (Fsp3) is 0.545. The van der Waals surface area contributed by atoms with Gasteiger partial charge in [-0.1, -0.05) is 0 Å². The molecule has 1 aromatic rings. The summed E-state index contributed by atoms with van der Waals surface area (Å²) in [6, 6.07) is -0.190. The number of thiazole rings is 1. The number of aliphatic carboxylic acids is 1. The predicted molar refractivity (Wildman–Crippen MR) is 64.2 cm³/mol. The number of rotatable bonds is 4. The summed E-state index contributed by atoms with van der Waals surface area (Å²) in [5.74, 6) is -1.29. The zero-order chi connectivity index (χ0) is 13.1. The van der Waals surface area contributed by atoms with Crippen molar-refractivity contribution in [2.24, 2.45) is 0 Å². The summed E-state index contributed by atoms with van der Waals surface area (Å²) in [7, 11) is 0. The Morgan fingerprint density at radius 3 is 2.83 bits per heavy atom. The van der Waals surface area contributed by atoms with E-state index in [1.165, 1.54) is 11.3 Å². The topological polar surface area (TPSA) is 88.5 Å². The first kappa shape index (κ1) is 13.0. The van der Waals surface area contributed by atoms with Gasteiger partial charge in [-0.3, -0.25) is 4.79 Å². The molecule has 1 aromatic heterocycles. The SMILES string of the molecule is CC(NC(=O)C1CCC(C(=O)O)O1)c1nccs1. The van der Waals surface area contributed by atoms with Crippen LogP contribution in [0.25, 0.3) is 0 Å². The van der Waals surface area contributed by atoms with E-state index in [1.807, 2.05) is 12.3 Å². The van der Waals surface area contributed by atoms with Gasteiger partial charge in [-0.15, -0.1) is 11.3 Å². The lowest BCUT2D eigenvalue weighted by atomic mass is 10.2. The molecule has 2 rings (SSSR count). The number of nitrogens with one attached hydrogen (secondary N) is 1. The van der Waals surface area contributed by atoms with Crippen LogP contribution in [0.4, 0.5) is 0 Å². The summed E-state index contributed by atoms with van der Waals surface area (Å²) in [6.45, 7) is 1.83. The minimum atomic E-state index is -1.02. The summed E-state index contributed by atoms with van der Waals surface area (Å²) >= 11 is 1.46. The molecule has 2 N–H and O–H groups in total. The van der Waals surface area contributed by atoms with Gasteiger partial charge in [0.15, 0.2) is 6.10 Å². The molecule has 1 saturated heterocycles. The average molecular weight is 270 g/mol. The third kappa shape index (κ3) is 2.85. The second kappa shape index (κ2) is 5.45. The third-order valence-corrected chi connectivity index (χ3v) is 3.73. The number of carboxylic acids is 1. The Morgan fingerprint density at radius 2 is 2.28 bits per heavy atom. The van der Waals surface area contributed by atoms with E-state index in [0.29, 0.717) is 12.8 Å². The normalized spacial score (nSPS) is 24.7. The Balaban J connectivity index is 1.87. The maximum Gasteiger partial charge on any atom is 0.332 e. The predicted octanol–water partition coefficient (Wildman–Crippen LogP) is 0.952. The summed E-state index contributed by atoms with van der Waals surface area (Å²) in [6.07, 6.45) is 0.950. The van der Waals surface area contributed by atoms with Crippen molar-refractivity contribution < 1.29 is 19.4 Å². The van der Waals surface area contributed by atoms with Gasteiger partial charge in [0.1, 0.15) is 11.1 Å². The molecule has 1 amide bonds. The van der Waals surface area contributed by atoms with Crippen LogP contribution in [-0.4, -0.2) is 34.2 Å². The summed E-state index contributed by atoms with van der Waals surface area (Å²) < 4.78 is 5.17. The lowest BCUT2D eigenvalue weighted by Crippen LogP contribution is -2.37. The van der Waals surface area contributed by atoms with Crippen molar-refractivity contribution in [3.8, 4) is 0 Å². The minimum Gasteiger partial charge on any atom is -0.479 e. The van der Waals surface area contributed by atoms with Gasteiger partial charge in [-0.25, -0.2) is 9.78 Å². The molecule has 7 heteroatoms. The van der Waals surface area contributed by atoms with Crippen LogP contribution in [0.15, 0.2) is 11.6 Å². The lowest BCUT2D eigenvalue weighted by molar-refractivity contribution is -0.151. The molecule has 0 radical (unpaired) electrons. The number of amides is 1. The smallest absolute Gasteiger partial charge is 0.332 e. The lowest BCUT2D eigenvalue weighted by Gasteiger charge is -2.15. The highest BCUT2D eigenvalue weighted by atomic mass is 32.1. The van der Waals surface area contributed by atoms with E-state index < -0.39 is 18.2 Å². The summed E-state index contributed by atoms with van der Waals surface area (Å²) in [5.41, 5.74) is 0. The molecule has 3 atom stereocenters. The number of nitrogens with zero attached hydrogens (tertiary/aromatic N) is 1. The summed E-state index contributed by atoms with van der Waals surface area (Å²) in [5, 5.41) is 14.2. The Hall–Kier alpha value is -1.47. The Bertz CT molecular complexity index is 434. The van der Waals surface area contributed by atoms with E-state index >= 15 is 0 Å². The first-order valence-electron chi connectivity index (χ1n) is 5.66. The third-order valence-electron chi connectivity index (χ3n) is 2.77. The van der Waals surface area contributed by atoms with Gasteiger partial charge >= 0.3 is 5.97 Å². The van der Waals surface area contributed by atoms with Crippen molar-refractivity contribution in [1.82, 2.24) is 10.3 Å². The molecule has 0 spiro atoms. The highest BCUT2D eigenvalue weighted by Gasteiger charge is 2.35. The molecule has 3 unspecified atom stereocenters. The molecule has 0 bridgehead atoms. The molecule has 6 nitrogen and oxygen atoms in total. The number of carbonyl (C=O) groups is 2. The molecular weight excluding hydrogens is 256 g/mol. The molecule has 0 aromatic carbocycles. The molecular formula is C11H14N2O4S. The van der Waals surface area contributed by atoms with Crippen molar-refractivity contribution in [2.75, 3.05) is 0 Å². The highest BCUT2D eigenvalue weighted by molar-refractivity contribution is 7.09. The quantitative estimate of drug-likeness (QED) is 0.850. The van der Waals surface area contributed by atoms with Crippen LogP contribution in [-0.2, 0) is 14.3 Å². The molecule has 1 aliphatic heterocycles. The Kier molecular flexibility index (Phi) is 3.93. The second-order valence-electron chi connectivity index (χ2n) is 4.13. The van der Waals surface area contributed by atoms with E-state index in [2.05, 4.69) is 10.3 Å². The second-order valence-corrected chi connectivity index (χ2v) is 5.06. The van der Waals surface area contributed by atoms with Gasteiger partial charge in [0.25, 0.3) is 0 Å². The van der Waals surface area contributed by atoms with Gasteiger partial charge in [0, 0.05) is 11.6 Å². The molecule has 98 valence electrons. The molecule has 0 saturated carbocycles. The van der Waals surface area contributed by atoms with Gasteiger partial charge in [0.05, 0.1) is 6.04 Å². The number of aromatic nitrogens is 1. The molecule has 18 heavy (non-hydrogen) atoms. The first-order valence-corrected chi connectivity index (χ1v) is 6.54. The van der Waals surface area contributed by atoms with E-state index in [1.54, 1.807) is 6.20 Å². The van der Waals surface area contributed by atoms with Gasteiger partial charge < -0.3 is 15.2 Å². The van der Waals surface area contributed by atoms with E-state index in [0.717, 1.165) is 5.01 Å². The van der Waals surface area contributed by atoms with Gasteiger partial charge in [-0.05, 0) is 19.8 Å². The number of carboxylic acid groups (broad SMARTS) is 1. The zero-order valence-electron chi connectivity index (χ0n) is 9.83. The average Bonchev–Trinajstić information content (AvgIpc) is 3.00. The van der Waals surface area contributed by atoms with Crippen molar-refractivity contribution in [1.29, 1.82) is 0 Å². The minimum absolute atomic E-state index is 0.190. The highest BCUT2D eigenvalue weighted by Crippen LogP contribution is 2.21. The Morgan fingerprint density at radius 1 is 1.56 bits per heavy atom. The zero-order valence-corrected chi connectivity index (χ0v) is 10.6. The van der Waals surface area contributed by atoms with Crippen LogP contribution < -0.4 is 5.32 Å². The van der Waals surface area contributed by atoms with Crippen LogP contribution in [0.3, 0.4) is 0 Å². The fourth-order valence-electron chi connectivity index (χ4n) is 1.83. The van der Waals surface area contributed by atoms with Crippen LogP contribution in [0.2, 0.25) is 0 Å². The first-order chi connectivity index (χ1) is 8.58. The number of hydrogen-bond acceptors (Lipinski definition) is 5. The van der Waals surface area contributed by atoms with Crippen LogP contribution in [0, 0.1) is 0 Å². The standard InChI is InChI=1S/C11H14N2O4S/c1-6(10-12-4-5-18-10)13-9(14)7-2-3-8(17-7)11(15)16/h4-8H,2-3H2,1H3,(H,13,14)(H,15,16). The molecule has 2 heterocycles. The molecule has 1 fully saturated rings. The summed E-state index contributed by atoms with van der Waals surface area (Å²) in [4.78, 5) is 26.7. The van der Waals surface area contributed by atoms with Gasteiger partial charge in [-0.2, -0.15) is 0 Å². The fourth-order valence-corrected chi connectivity index (χ4v) is 2.47. The van der Waals surface area contributed by atoms with Crippen LogP contribution in [0.1, 0.15) is 30.8 Å². The maximum absolute atomic E-state index is 11.9. The van der Waals surface area contributed by atoms with E-state index in [9.17, 15) is 9.59 Å². The maximum atomic E-state index is 11.9. The number of carbonyl (C=O) groups excluding carboxylic acids is 1. The van der Waals surface area contributed by atoms with Crippen LogP contribution in [0.5, 0.6) is 0 Å². The van der Waals surface area contributed by atoms with Crippen molar-refractivity contribution in [2.45, 2.75) is 38.0 Å². The van der Waals surface area contributed by atoms with Crippen molar-refractivity contribution in [3.63, 3.8) is 0 Å². The molecule has 0 aliphatic carbocycles. The largest absolute Gasteiger partial charge is 0.479 e. The van der Waals surface area contributed by atoms with Crippen molar-refractivity contribution >= 4 is 23.2 Å². The molecule has 1 aliphatic rings. The Labute approximate surface area is 108 Å². The monoisotopic (exact) mass is 270 g/mol. The van der Waals surface area contributed by atoms with E-state index in [-0.39, 0.29) is 11.9 Å². The van der Waals surface area contributed by atoms with Crippen molar-refractivity contribution in [3.05, 3.63) is 16.6 Å².